The molecule has 3 rings (SSSR count). The first kappa shape index (κ1) is 16.7. The van der Waals surface area contributed by atoms with Gasteiger partial charge in [0.1, 0.15) is 11.5 Å². The Hall–Kier alpha value is -3.15. The van der Waals surface area contributed by atoms with Gasteiger partial charge < -0.3 is 4.42 Å². The van der Waals surface area contributed by atoms with Crippen LogP contribution in [0.15, 0.2) is 52.0 Å². The van der Waals surface area contributed by atoms with E-state index in [4.69, 9.17) is 4.42 Å². The molecule has 1 amide bonds. The summed E-state index contributed by atoms with van der Waals surface area (Å²) in [7, 11) is 0. The highest BCUT2D eigenvalue weighted by Crippen LogP contribution is 2.20. The lowest BCUT2D eigenvalue weighted by molar-refractivity contribution is 0.0950. The number of carbonyl (C=O) groups is 1. The quantitative estimate of drug-likeness (QED) is 0.548. The van der Waals surface area contributed by atoms with Crippen LogP contribution in [0.5, 0.6) is 0 Å². The normalized spacial score (nSPS) is 11.4. The molecule has 0 aliphatic heterocycles. The van der Waals surface area contributed by atoms with Crippen LogP contribution in [0.2, 0.25) is 0 Å². The monoisotopic (exact) mass is 336 g/mol. The maximum Gasteiger partial charge on any atom is 0.291 e. The number of hydrogen-bond donors (Lipinski definition) is 2. The first-order chi connectivity index (χ1) is 12.0. The molecule has 2 aromatic heterocycles. The summed E-state index contributed by atoms with van der Waals surface area (Å²) in [6.07, 6.45) is 1.60. The fourth-order valence-electron chi connectivity index (χ4n) is 2.33. The van der Waals surface area contributed by atoms with Gasteiger partial charge in [-0.25, -0.2) is 5.43 Å². The standard InChI is InChI=1S/C19H20N4O2/c1-12(2)15-7-5-14(6-8-15)11-20-23-19(24)17-10-16(21-22-17)18-9-4-13(3)25-18/h4-12H,1-3H3,(H,21,22)(H,23,24)/b20-11+. The summed E-state index contributed by atoms with van der Waals surface area (Å²) in [5, 5.41) is 10.7. The fraction of sp³-hybridized carbons (Fsp3) is 0.211. The van der Waals surface area contributed by atoms with Crippen LogP contribution >= 0.6 is 0 Å². The Labute approximate surface area is 146 Å². The predicted octanol–water partition coefficient (Wildman–Crippen LogP) is 3.87. The zero-order chi connectivity index (χ0) is 17.8. The molecule has 0 saturated heterocycles. The largest absolute Gasteiger partial charge is 0.460 e. The molecule has 3 aromatic rings. The SMILES string of the molecule is Cc1ccc(-c2cc(C(=O)N/N=C/c3ccc(C(C)C)cc3)n[nH]2)o1. The Kier molecular flexibility index (Phi) is 4.79. The summed E-state index contributed by atoms with van der Waals surface area (Å²) in [5.41, 5.74) is 5.54. The van der Waals surface area contributed by atoms with Crippen LogP contribution in [0.3, 0.4) is 0 Å². The van der Waals surface area contributed by atoms with Crippen LogP contribution in [-0.2, 0) is 0 Å². The van der Waals surface area contributed by atoms with Gasteiger partial charge in [-0.2, -0.15) is 10.2 Å². The molecule has 0 spiro atoms. The van der Waals surface area contributed by atoms with Gasteiger partial charge in [0, 0.05) is 6.07 Å². The molecule has 6 heteroatoms. The number of benzene rings is 1. The summed E-state index contributed by atoms with van der Waals surface area (Å²) in [4.78, 5) is 12.1. The third-order valence-corrected chi connectivity index (χ3v) is 3.80. The van der Waals surface area contributed by atoms with Crippen molar-refractivity contribution in [1.29, 1.82) is 0 Å². The van der Waals surface area contributed by atoms with Gasteiger partial charge in [0.15, 0.2) is 11.5 Å². The van der Waals surface area contributed by atoms with Crippen molar-refractivity contribution in [3.8, 4) is 11.5 Å². The van der Waals surface area contributed by atoms with E-state index in [0.29, 0.717) is 17.4 Å². The minimum absolute atomic E-state index is 0.247. The number of hydrazone groups is 1. The number of carbonyl (C=O) groups excluding carboxylic acids is 1. The van der Waals surface area contributed by atoms with Crippen LogP contribution < -0.4 is 5.43 Å². The maximum atomic E-state index is 12.1. The summed E-state index contributed by atoms with van der Waals surface area (Å²) in [6.45, 7) is 6.15. The third-order valence-electron chi connectivity index (χ3n) is 3.80. The lowest BCUT2D eigenvalue weighted by Gasteiger charge is -2.04. The molecule has 1 aromatic carbocycles. The lowest BCUT2D eigenvalue weighted by Crippen LogP contribution is -2.18. The number of hydrogen-bond acceptors (Lipinski definition) is 4. The molecule has 0 aliphatic rings. The van der Waals surface area contributed by atoms with E-state index in [1.165, 1.54) is 5.56 Å². The molecular formula is C19H20N4O2. The van der Waals surface area contributed by atoms with Crippen LogP contribution in [0.4, 0.5) is 0 Å². The fourth-order valence-corrected chi connectivity index (χ4v) is 2.33. The Balaban J connectivity index is 1.61. The van der Waals surface area contributed by atoms with E-state index < -0.39 is 0 Å². The van der Waals surface area contributed by atoms with E-state index in [9.17, 15) is 4.79 Å². The topological polar surface area (TPSA) is 83.3 Å². The summed E-state index contributed by atoms with van der Waals surface area (Å²) in [6, 6.07) is 13.3. The molecule has 2 heterocycles. The van der Waals surface area contributed by atoms with Gasteiger partial charge in [-0.05, 0) is 36.1 Å². The van der Waals surface area contributed by atoms with E-state index in [1.54, 1.807) is 12.3 Å². The van der Waals surface area contributed by atoms with Crippen molar-refractivity contribution in [2.24, 2.45) is 5.10 Å². The van der Waals surface area contributed by atoms with Crippen molar-refractivity contribution in [2.45, 2.75) is 26.7 Å². The average molecular weight is 336 g/mol. The predicted molar refractivity (Wildman–Crippen MR) is 96.6 cm³/mol. The average Bonchev–Trinajstić information content (AvgIpc) is 3.24. The van der Waals surface area contributed by atoms with Crippen LogP contribution in [0.1, 0.15) is 47.1 Å². The number of amides is 1. The molecule has 0 bridgehead atoms. The first-order valence-corrected chi connectivity index (χ1v) is 8.08. The van der Waals surface area contributed by atoms with E-state index in [1.807, 2.05) is 31.2 Å². The summed E-state index contributed by atoms with van der Waals surface area (Å²) < 4.78 is 5.50. The Bertz CT molecular complexity index is 888. The van der Waals surface area contributed by atoms with Gasteiger partial charge in [-0.15, -0.1) is 0 Å². The van der Waals surface area contributed by atoms with Crippen LogP contribution in [0.25, 0.3) is 11.5 Å². The van der Waals surface area contributed by atoms with Gasteiger partial charge in [0.2, 0.25) is 0 Å². The molecular weight excluding hydrogens is 316 g/mol. The van der Waals surface area contributed by atoms with Crippen molar-refractivity contribution in [3.63, 3.8) is 0 Å². The van der Waals surface area contributed by atoms with E-state index >= 15 is 0 Å². The number of nitrogens with one attached hydrogen (secondary N) is 2. The van der Waals surface area contributed by atoms with Crippen molar-refractivity contribution in [1.82, 2.24) is 15.6 Å². The molecule has 25 heavy (non-hydrogen) atoms. The van der Waals surface area contributed by atoms with Gasteiger partial charge in [0.25, 0.3) is 5.91 Å². The Morgan fingerprint density at radius 1 is 1.24 bits per heavy atom. The molecule has 0 saturated carbocycles. The lowest BCUT2D eigenvalue weighted by atomic mass is 10.0. The number of aromatic nitrogens is 2. The van der Waals surface area contributed by atoms with Crippen molar-refractivity contribution < 1.29 is 9.21 Å². The Morgan fingerprint density at radius 3 is 2.64 bits per heavy atom. The first-order valence-electron chi connectivity index (χ1n) is 8.08. The van der Waals surface area contributed by atoms with E-state index in [2.05, 4.69) is 46.7 Å². The van der Waals surface area contributed by atoms with Crippen molar-refractivity contribution in [3.05, 3.63) is 65.0 Å². The second kappa shape index (κ2) is 7.17. The van der Waals surface area contributed by atoms with Crippen molar-refractivity contribution in [2.75, 3.05) is 0 Å². The molecule has 0 aliphatic carbocycles. The van der Waals surface area contributed by atoms with Gasteiger partial charge in [-0.3, -0.25) is 9.89 Å². The van der Waals surface area contributed by atoms with Crippen molar-refractivity contribution >= 4 is 12.1 Å². The number of aryl methyl sites for hydroxylation is 1. The number of rotatable bonds is 5. The molecule has 0 unspecified atom stereocenters. The number of H-pyrrole nitrogens is 1. The Morgan fingerprint density at radius 2 is 2.00 bits per heavy atom. The second-order valence-corrected chi connectivity index (χ2v) is 6.10. The second-order valence-electron chi connectivity index (χ2n) is 6.10. The van der Waals surface area contributed by atoms with E-state index in [0.717, 1.165) is 11.3 Å². The minimum atomic E-state index is -0.388. The van der Waals surface area contributed by atoms with Gasteiger partial charge in [0.05, 0.1) is 6.21 Å². The highest BCUT2D eigenvalue weighted by atomic mass is 16.3. The molecule has 6 nitrogen and oxygen atoms in total. The zero-order valence-electron chi connectivity index (χ0n) is 14.4. The van der Waals surface area contributed by atoms with Gasteiger partial charge >= 0.3 is 0 Å². The number of nitrogens with zero attached hydrogens (tertiary/aromatic N) is 2. The molecule has 2 N–H and O–H groups in total. The zero-order valence-corrected chi connectivity index (χ0v) is 14.4. The smallest absolute Gasteiger partial charge is 0.291 e. The third kappa shape index (κ3) is 4.03. The highest BCUT2D eigenvalue weighted by molar-refractivity contribution is 5.94. The van der Waals surface area contributed by atoms with E-state index in [-0.39, 0.29) is 11.6 Å². The molecule has 0 fully saturated rings. The molecule has 0 radical (unpaired) electrons. The van der Waals surface area contributed by atoms with Crippen LogP contribution in [0, 0.1) is 6.92 Å². The van der Waals surface area contributed by atoms with Gasteiger partial charge in [-0.1, -0.05) is 38.1 Å². The maximum absolute atomic E-state index is 12.1. The highest BCUT2D eigenvalue weighted by Gasteiger charge is 2.12. The number of aromatic amines is 1. The van der Waals surface area contributed by atoms with Crippen LogP contribution in [-0.4, -0.2) is 22.3 Å². The summed E-state index contributed by atoms with van der Waals surface area (Å²) in [5.74, 6) is 1.53. The number of furan rings is 1. The molecule has 0 atom stereocenters. The summed E-state index contributed by atoms with van der Waals surface area (Å²) >= 11 is 0. The molecule has 128 valence electrons. The minimum Gasteiger partial charge on any atom is -0.460 e.